The predicted octanol–water partition coefficient (Wildman–Crippen LogP) is 4.43. The molecule has 2 nitrogen and oxygen atoms in total. The Labute approximate surface area is 118 Å². The van der Waals surface area contributed by atoms with Gasteiger partial charge in [-0.3, -0.25) is 0 Å². The van der Waals surface area contributed by atoms with Crippen molar-refractivity contribution in [2.75, 3.05) is 11.9 Å². The minimum Gasteiger partial charge on any atom is -0.383 e. The number of rotatable bonds is 4. The van der Waals surface area contributed by atoms with Crippen LogP contribution in [0.1, 0.15) is 24.0 Å². The molecule has 0 spiro atoms. The summed E-state index contributed by atoms with van der Waals surface area (Å²) in [4.78, 5) is 0. The van der Waals surface area contributed by atoms with Crippen molar-refractivity contribution in [2.24, 2.45) is 0 Å². The zero-order valence-corrected chi connectivity index (χ0v) is 11.5. The molecule has 0 aliphatic rings. The van der Waals surface area contributed by atoms with Gasteiger partial charge in [0, 0.05) is 11.6 Å². The zero-order chi connectivity index (χ0) is 13.7. The number of nitriles is 1. The van der Waals surface area contributed by atoms with Gasteiger partial charge in [0.15, 0.2) is 0 Å². The number of nitrogens with zero attached hydrogens (tertiary/aromatic N) is 1. The lowest BCUT2D eigenvalue weighted by molar-refractivity contribution is 0.805. The van der Waals surface area contributed by atoms with Gasteiger partial charge in [0.1, 0.15) is 6.07 Å². The second kappa shape index (κ2) is 6.26. The highest BCUT2D eigenvalue weighted by atomic mass is 35.5. The summed E-state index contributed by atoms with van der Waals surface area (Å²) in [6.07, 6.45) is 0. The molecule has 0 aliphatic heterocycles. The molecule has 0 aromatic heterocycles. The van der Waals surface area contributed by atoms with E-state index in [0.717, 1.165) is 12.2 Å². The zero-order valence-electron chi connectivity index (χ0n) is 10.7. The van der Waals surface area contributed by atoms with Crippen LogP contribution in [0.15, 0.2) is 48.5 Å². The summed E-state index contributed by atoms with van der Waals surface area (Å²) in [6, 6.07) is 17.7. The lowest BCUT2D eigenvalue weighted by atomic mass is 10.0. The summed E-state index contributed by atoms with van der Waals surface area (Å²) in [5, 5.41) is 13.0. The SMILES string of the molecule is CC(CNc1cc(Cl)ccc1C#N)c1ccccc1. The maximum Gasteiger partial charge on any atom is 0.101 e. The largest absolute Gasteiger partial charge is 0.383 e. The smallest absolute Gasteiger partial charge is 0.101 e. The Hall–Kier alpha value is -1.98. The van der Waals surface area contributed by atoms with Crippen LogP contribution < -0.4 is 5.32 Å². The Morgan fingerprint density at radius 1 is 1.21 bits per heavy atom. The van der Waals surface area contributed by atoms with Gasteiger partial charge in [-0.05, 0) is 29.7 Å². The lowest BCUT2D eigenvalue weighted by Crippen LogP contribution is -2.10. The molecule has 0 radical (unpaired) electrons. The van der Waals surface area contributed by atoms with Crippen molar-refractivity contribution < 1.29 is 0 Å². The highest BCUT2D eigenvalue weighted by molar-refractivity contribution is 6.30. The van der Waals surface area contributed by atoms with E-state index in [1.165, 1.54) is 5.56 Å². The van der Waals surface area contributed by atoms with Crippen LogP contribution in [-0.4, -0.2) is 6.54 Å². The number of hydrogen-bond donors (Lipinski definition) is 1. The Bertz CT molecular complexity index is 587. The number of benzene rings is 2. The topological polar surface area (TPSA) is 35.8 Å². The molecule has 3 heteroatoms. The molecular weight excluding hydrogens is 256 g/mol. The highest BCUT2D eigenvalue weighted by Crippen LogP contribution is 2.22. The fourth-order valence-corrected chi connectivity index (χ4v) is 2.09. The first kappa shape index (κ1) is 13.5. The van der Waals surface area contributed by atoms with Crippen LogP contribution in [0.5, 0.6) is 0 Å². The molecule has 1 unspecified atom stereocenters. The van der Waals surface area contributed by atoms with Crippen molar-refractivity contribution in [3.8, 4) is 6.07 Å². The first-order chi connectivity index (χ1) is 9.20. The second-order valence-electron chi connectivity index (χ2n) is 4.49. The molecule has 0 amide bonds. The van der Waals surface area contributed by atoms with Gasteiger partial charge < -0.3 is 5.32 Å². The predicted molar refractivity (Wildman–Crippen MR) is 79.5 cm³/mol. The normalized spacial score (nSPS) is 11.6. The van der Waals surface area contributed by atoms with E-state index >= 15 is 0 Å². The van der Waals surface area contributed by atoms with E-state index in [1.807, 2.05) is 18.2 Å². The number of hydrogen-bond acceptors (Lipinski definition) is 2. The average Bonchev–Trinajstić information content (AvgIpc) is 2.46. The van der Waals surface area contributed by atoms with Gasteiger partial charge in [-0.1, -0.05) is 48.9 Å². The first-order valence-electron chi connectivity index (χ1n) is 6.19. The summed E-state index contributed by atoms with van der Waals surface area (Å²) in [6.45, 7) is 2.91. The molecular formula is C16H15ClN2. The Kier molecular flexibility index (Phi) is 4.43. The van der Waals surface area contributed by atoms with Crippen LogP contribution in [0.25, 0.3) is 0 Å². The minimum absolute atomic E-state index is 0.367. The standard InChI is InChI=1S/C16H15ClN2/c1-12(13-5-3-2-4-6-13)11-19-16-9-15(17)8-7-14(16)10-18/h2-9,12,19H,11H2,1H3. The first-order valence-corrected chi connectivity index (χ1v) is 6.57. The van der Waals surface area contributed by atoms with Gasteiger partial charge in [0.05, 0.1) is 11.3 Å². The van der Waals surface area contributed by atoms with Crippen molar-refractivity contribution in [2.45, 2.75) is 12.8 Å². The van der Waals surface area contributed by atoms with Crippen LogP contribution in [0.2, 0.25) is 5.02 Å². The number of halogens is 1. The Morgan fingerprint density at radius 3 is 2.63 bits per heavy atom. The molecule has 1 atom stereocenters. The Balaban J connectivity index is 2.07. The lowest BCUT2D eigenvalue weighted by Gasteiger charge is -2.15. The molecule has 0 saturated heterocycles. The van der Waals surface area contributed by atoms with Crippen LogP contribution >= 0.6 is 11.6 Å². The van der Waals surface area contributed by atoms with Crippen molar-refractivity contribution >= 4 is 17.3 Å². The second-order valence-corrected chi connectivity index (χ2v) is 4.93. The molecule has 0 fully saturated rings. The fourth-order valence-electron chi connectivity index (χ4n) is 1.92. The molecule has 2 rings (SSSR count). The molecule has 0 bridgehead atoms. The highest BCUT2D eigenvalue weighted by Gasteiger charge is 2.07. The van der Waals surface area contributed by atoms with Gasteiger partial charge in [0.25, 0.3) is 0 Å². The van der Waals surface area contributed by atoms with E-state index < -0.39 is 0 Å². The summed E-state index contributed by atoms with van der Waals surface area (Å²) < 4.78 is 0. The van der Waals surface area contributed by atoms with E-state index in [2.05, 4.69) is 30.4 Å². The third-order valence-corrected chi connectivity index (χ3v) is 3.30. The fraction of sp³-hybridized carbons (Fsp3) is 0.188. The maximum absolute atomic E-state index is 9.06. The molecule has 0 heterocycles. The summed E-state index contributed by atoms with van der Waals surface area (Å²) in [7, 11) is 0. The maximum atomic E-state index is 9.06. The summed E-state index contributed by atoms with van der Waals surface area (Å²) in [5.41, 5.74) is 2.68. The van der Waals surface area contributed by atoms with Gasteiger partial charge >= 0.3 is 0 Å². The van der Waals surface area contributed by atoms with Crippen molar-refractivity contribution in [1.29, 1.82) is 5.26 Å². The van der Waals surface area contributed by atoms with Gasteiger partial charge in [-0.15, -0.1) is 0 Å². The van der Waals surface area contributed by atoms with Crippen molar-refractivity contribution in [3.05, 3.63) is 64.7 Å². The monoisotopic (exact) mass is 270 g/mol. The van der Waals surface area contributed by atoms with Crippen LogP contribution in [0.3, 0.4) is 0 Å². The molecule has 19 heavy (non-hydrogen) atoms. The third-order valence-electron chi connectivity index (χ3n) is 3.07. The van der Waals surface area contributed by atoms with Crippen molar-refractivity contribution in [1.82, 2.24) is 0 Å². The quantitative estimate of drug-likeness (QED) is 0.892. The molecule has 0 saturated carbocycles. The van der Waals surface area contributed by atoms with Gasteiger partial charge in [0.2, 0.25) is 0 Å². The van der Waals surface area contributed by atoms with E-state index in [-0.39, 0.29) is 0 Å². The third kappa shape index (κ3) is 3.49. The Morgan fingerprint density at radius 2 is 1.95 bits per heavy atom. The van der Waals surface area contributed by atoms with Crippen LogP contribution in [0, 0.1) is 11.3 Å². The van der Waals surface area contributed by atoms with Crippen LogP contribution in [0.4, 0.5) is 5.69 Å². The number of nitrogens with one attached hydrogen (secondary N) is 1. The average molecular weight is 271 g/mol. The molecule has 96 valence electrons. The van der Waals surface area contributed by atoms with Gasteiger partial charge in [-0.2, -0.15) is 5.26 Å². The molecule has 0 aliphatic carbocycles. The summed E-state index contributed by atoms with van der Waals surface area (Å²) >= 11 is 5.96. The van der Waals surface area contributed by atoms with E-state index in [1.54, 1.807) is 18.2 Å². The summed E-state index contributed by atoms with van der Waals surface area (Å²) in [5.74, 6) is 0.367. The van der Waals surface area contributed by atoms with E-state index in [9.17, 15) is 0 Å². The molecule has 2 aromatic carbocycles. The minimum atomic E-state index is 0.367. The molecule has 2 aromatic rings. The van der Waals surface area contributed by atoms with E-state index in [0.29, 0.717) is 16.5 Å². The van der Waals surface area contributed by atoms with Crippen molar-refractivity contribution in [3.63, 3.8) is 0 Å². The van der Waals surface area contributed by atoms with Crippen LogP contribution in [-0.2, 0) is 0 Å². The number of anilines is 1. The molecule has 1 N–H and O–H groups in total. The van der Waals surface area contributed by atoms with E-state index in [4.69, 9.17) is 16.9 Å². The van der Waals surface area contributed by atoms with Gasteiger partial charge in [-0.25, -0.2) is 0 Å².